The molecule has 0 bridgehead atoms. The van der Waals surface area contributed by atoms with Gasteiger partial charge in [-0.1, -0.05) is 0 Å². The maximum Gasteiger partial charge on any atom is 0.139 e. The Morgan fingerprint density at radius 3 is 2.11 bits per heavy atom. The van der Waals surface area contributed by atoms with Crippen LogP contribution in [0.5, 0.6) is 5.75 Å². The first-order valence-electron chi connectivity index (χ1n) is 7.17. The van der Waals surface area contributed by atoms with Gasteiger partial charge >= 0.3 is 0 Å². The molecule has 18 heavy (non-hydrogen) atoms. The maximum atomic E-state index is 10.1. The molecule has 0 atom stereocenters. The number of hydrogen-bond acceptors (Lipinski definition) is 3. The van der Waals surface area contributed by atoms with Crippen molar-refractivity contribution < 1.29 is 5.11 Å². The second-order valence-corrected chi connectivity index (χ2v) is 5.41. The Morgan fingerprint density at radius 1 is 0.778 bits per heavy atom. The fourth-order valence-electron chi connectivity index (χ4n) is 3.07. The minimum Gasteiger partial charge on any atom is -0.506 e. The molecule has 2 heterocycles. The molecule has 0 radical (unpaired) electrons. The van der Waals surface area contributed by atoms with E-state index in [-0.39, 0.29) is 0 Å². The average Bonchev–Trinajstić information content (AvgIpc) is 2.94. The van der Waals surface area contributed by atoms with Gasteiger partial charge in [0.05, 0.1) is 5.69 Å². The van der Waals surface area contributed by atoms with Gasteiger partial charge in [0, 0.05) is 31.9 Å². The van der Waals surface area contributed by atoms with Gasteiger partial charge in [0.1, 0.15) is 5.75 Å². The number of nitrogens with zero attached hydrogens (tertiary/aromatic N) is 2. The van der Waals surface area contributed by atoms with Crippen LogP contribution in [0.2, 0.25) is 0 Å². The van der Waals surface area contributed by atoms with Gasteiger partial charge in [0.2, 0.25) is 0 Å². The molecule has 0 saturated carbocycles. The Labute approximate surface area is 109 Å². The molecule has 0 aliphatic carbocycles. The van der Waals surface area contributed by atoms with Crippen molar-refractivity contribution in [3.05, 3.63) is 18.2 Å². The van der Waals surface area contributed by atoms with E-state index in [0.717, 1.165) is 31.9 Å². The monoisotopic (exact) mass is 246 g/mol. The summed E-state index contributed by atoms with van der Waals surface area (Å²) in [5.74, 6) is 0.430. The number of rotatable bonds is 2. The van der Waals surface area contributed by atoms with Crippen LogP contribution >= 0.6 is 0 Å². The van der Waals surface area contributed by atoms with E-state index in [4.69, 9.17) is 0 Å². The molecular weight excluding hydrogens is 224 g/mol. The van der Waals surface area contributed by atoms with Crippen molar-refractivity contribution in [1.82, 2.24) is 0 Å². The van der Waals surface area contributed by atoms with Gasteiger partial charge in [-0.15, -0.1) is 0 Å². The fraction of sp³-hybridized carbons (Fsp3) is 0.600. The first-order valence-corrected chi connectivity index (χ1v) is 7.17. The van der Waals surface area contributed by atoms with E-state index < -0.39 is 0 Å². The number of aromatic hydroxyl groups is 1. The van der Waals surface area contributed by atoms with Crippen molar-refractivity contribution in [3.63, 3.8) is 0 Å². The Balaban J connectivity index is 1.85. The molecule has 3 rings (SSSR count). The van der Waals surface area contributed by atoms with E-state index in [2.05, 4.69) is 15.9 Å². The van der Waals surface area contributed by atoms with Crippen LogP contribution in [0, 0.1) is 0 Å². The predicted molar refractivity (Wildman–Crippen MR) is 75.6 cm³/mol. The zero-order chi connectivity index (χ0) is 12.4. The first-order chi connectivity index (χ1) is 8.84. The zero-order valence-corrected chi connectivity index (χ0v) is 10.9. The lowest BCUT2D eigenvalue weighted by Gasteiger charge is -2.30. The Kier molecular flexibility index (Phi) is 3.31. The molecule has 98 valence electrons. The minimum absolute atomic E-state index is 0.430. The van der Waals surface area contributed by atoms with Crippen molar-refractivity contribution in [2.75, 3.05) is 36.0 Å². The number of phenolic OH excluding ortho intramolecular Hbond substituents is 1. The van der Waals surface area contributed by atoms with Crippen molar-refractivity contribution in [1.29, 1.82) is 0 Å². The van der Waals surface area contributed by atoms with Crippen LogP contribution in [0.1, 0.15) is 32.1 Å². The molecule has 1 N–H and O–H groups in total. The molecule has 3 heteroatoms. The number of anilines is 2. The Bertz CT molecular complexity index is 407. The third kappa shape index (κ3) is 2.26. The highest BCUT2D eigenvalue weighted by Gasteiger charge is 2.18. The highest BCUT2D eigenvalue weighted by atomic mass is 16.3. The molecule has 2 aliphatic rings. The van der Waals surface area contributed by atoms with E-state index in [1.165, 1.54) is 37.8 Å². The summed E-state index contributed by atoms with van der Waals surface area (Å²) in [6.45, 7) is 4.47. The summed E-state index contributed by atoms with van der Waals surface area (Å²) in [6, 6.07) is 6.08. The fourth-order valence-corrected chi connectivity index (χ4v) is 3.07. The minimum atomic E-state index is 0.430. The lowest BCUT2D eigenvalue weighted by molar-refractivity contribution is 0.469. The van der Waals surface area contributed by atoms with Crippen LogP contribution in [-0.2, 0) is 0 Å². The summed E-state index contributed by atoms with van der Waals surface area (Å²) in [5, 5.41) is 10.1. The zero-order valence-electron chi connectivity index (χ0n) is 10.9. The highest BCUT2D eigenvalue weighted by molar-refractivity contribution is 5.66. The molecule has 1 aromatic carbocycles. The van der Waals surface area contributed by atoms with Gasteiger partial charge in [-0.25, -0.2) is 0 Å². The highest BCUT2D eigenvalue weighted by Crippen LogP contribution is 2.34. The van der Waals surface area contributed by atoms with E-state index in [1.807, 2.05) is 12.1 Å². The Hall–Kier alpha value is -1.38. The molecular formula is C15H22N2O. The summed E-state index contributed by atoms with van der Waals surface area (Å²) in [4.78, 5) is 4.76. The van der Waals surface area contributed by atoms with Gasteiger partial charge in [-0.05, 0) is 50.3 Å². The van der Waals surface area contributed by atoms with E-state index in [9.17, 15) is 5.11 Å². The number of benzene rings is 1. The van der Waals surface area contributed by atoms with Crippen LogP contribution in [0.4, 0.5) is 11.4 Å². The Morgan fingerprint density at radius 2 is 1.39 bits per heavy atom. The third-order valence-electron chi connectivity index (χ3n) is 4.13. The number of phenols is 1. The van der Waals surface area contributed by atoms with Crippen molar-refractivity contribution in [2.45, 2.75) is 32.1 Å². The topological polar surface area (TPSA) is 26.7 Å². The number of piperidine rings is 1. The summed E-state index contributed by atoms with van der Waals surface area (Å²) in [5.41, 5.74) is 2.30. The molecule has 2 saturated heterocycles. The molecule has 1 aromatic rings. The van der Waals surface area contributed by atoms with Crippen LogP contribution in [0.25, 0.3) is 0 Å². The van der Waals surface area contributed by atoms with Gasteiger partial charge in [-0.3, -0.25) is 0 Å². The molecule has 2 fully saturated rings. The quantitative estimate of drug-likeness (QED) is 0.869. The van der Waals surface area contributed by atoms with Crippen LogP contribution in [0.15, 0.2) is 18.2 Å². The van der Waals surface area contributed by atoms with E-state index in [0.29, 0.717) is 5.75 Å². The second-order valence-electron chi connectivity index (χ2n) is 5.41. The lowest BCUT2D eigenvalue weighted by Crippen LogP contribution is -2.29. The standard InChI is InChI=1S/C15H22N2O/c18-15-7-6-13(16-8-4-5-9-16)12-14(15)17-10-2-1-3-11-17/h6-7,12,18H,1-5,8-11H2. The van der Waals surface area contributed by atoms with Crippen molar-refractivity contribution in [2.24, 2.45) is 0 Å². The molecule has 0 unspecified atom stereocenters. The van der Waals surface area contributed by atoms with Crippen LogP contribution in [-0.4, -0.2) is 31.3 Å². The summed E-state index contributed by atoms with van der Waals surface area (Å²) < 4.78 is 0. The van der Waals surface area contributed by atoms with Gasteiger partial charge in [0.25, 0.3) is 0 Å². The first kappa shape index (κ1) is 11.7. The lowest BCUT2D eigenvalue weighted by atomic mass is 10.1. The normalized spacial score (nSPS) is 20.4. The van der Waals surface area contributed by atoms with Crippen molar-refractivity contribution in [3.8, 4) is 5.75 Å². The van der Waals surface area contributed by atoms with Gasteiger partial charge in [-0.2, -0.15) is 0 Å². The summed E-state index contributed by atoms with van der Waals surface area (Å²) in [6.07, 6.45) is 6.39. The molecule has 2 aliphatic heterocycles. The number of hydrogen-bond donors (Lipinski definition) is 1. The molecule has 0 aromatic heterocycles. The smallest absolute Gasteiger partial charge is 0.139 e. The molecule has 3 nitrogen and oxygen atoms in total. The third-order valence-corrected chi connectivity index (χ3v) is 4.13. The summed E-state index contributed by atoms with van der Waals surface area (Å²) in [7, 11) is 0. The second kappa shape index (κ2) is 5.09. The molecule has 0 amide bonds. The van der Waals surface area contributed by atoms with Crippen LogP contribution < -0.4 is 9.80 Å². The molecule has 0 spiro atoms. The maximum absolute atomic E-state index is 10.1. The van der Waals surface area contributed by atoms with Gasteiger partial charge in [0.15, 0.2) is 0 Å². The average molecular weight is 246 g/mol. The van der Waals surface area contributed by atoms with Gasteiger partial charge < -0.3 is 14.9 Å². The predicted octanol–water partition coefficient (Wildman–Crippen LogP) is 2.98. The van der Waals surface area contributed by atoms with E-state index >= 15 is 0 Å². The SMILES string of the molecule is Oc1ccc(N2CCCC2)cc1N1CCCCC1. The largest absolute Gasteiger partial charge is 0.506 e. The summed E-state index contributed by atoms with van der Waals surface area (Å²) >= 11 is 0. The van der Waals surface area contributed by atoms with E-state index in [1.54, 1.807) is 0 Å². The van der Waals surface area contributed by atoms with Crippen LogP contribution in [0.3, 0.4) is 0 Å². The van der Waals surface area contributed by atoms with Crippen molar-refractivity contribution >= 4 is 11.4 Å².